The van der Waals surface area contributed by atoms with Crippen molar-refractivity contribution < 1.29 is 4.39 Å². The number of aryl methyl sites for hydroxylation is 1. The lowest BCUT2D eigenvalue weighted by atomic mass is 9.80. The number of rotatable bonds is 2. The minimum atomic E-state index is -0.114. The quantitative estimate of drug-likeness (QED) is 0.898. The Bertz CT molecular complexity index is 437. The molecule has 0 unspecified atom stereocenters. The Morgan fingerprint density at radius 3 is 2.30 bits per heavy atom. The average Bonchev–Trinajstić information content (AvgIpc) is 2.34. The van der Waals surface area contributed by atoms with Crippen LogP contribution in [0.2, 0.25) is 0 Å². The van der Waals surface area contributed by atoms with E-state index in [-0.39, 0.29) is 23.6 Å². The van der Waals surface area contributed by atoms with E-state index in [1.54, 1.807) is 6.07 Å². The molecular weight excluding hydrogens is 275 g/mol. The van der Waals surface area contributed by atoms with Crippen molar-refractivity contribution in [3.05, 3.63) is 35.1 Å². The van der Waals surface area contributed by atoms with Crippen molar-refractivity contribution in [1.82, 2.24) is 10.2 Å². The molecule has 2 nitrogen and oxygen atoms in total. The molecule has 1 fully saturated rings. The summed E-state index contributed by atoms with van der Waals surface area (Å²) in [6.07, 6.45) is 0. The first-order valence-electron chi connectivity index (χ1n) is 7.10. The van der Waals surface area contributed by atoms with Gasteiger partial charge < -0.3 is 5.32 Å². The van der Waals surface area contributed by atoms with Gasteiger partial charge >= 0.3 is 0 Å². The van der Waals surface area contributed by atoms with Crippen molar-refractivity contribution in [2.45, 2.75) is 33.7 Å². The normalized spacial score (nSPS) is 18.4. The molecule has 20 heavy (non-hydrogen) atoms. The second-order valence-electron chi connectivity index (χ2n) is 6.56. The van der Waals surface area contributed by atoms with E-state index in [9.17, 15) is 4.39 Å². The van der Waals surface area contributed by atoms with Crippen LogP contribution in [0.15, 0.2) is 18.2 Å². The molecule has 4 heteroatoms. The lowest BCUT2D eigenvalue weighted by Gasteiger charge is -2.42. The van der Waals surface area contributed by atoms with Crippen LogP contribution >= 0.6 is 12.4 Å². The zero-order valence-electron chi connectivity index (χ0n) is 12.9. The molecule has 0 saturated carbocycles. The van der Waals surface area contributed by atoms with Crippen molar-refractivity contribution in [2.75, 3.05) is 26.2 Å². The first-order valence-corrected chi connectivity index (χ1v) is 7.10. The third kappa shape index (κ3) is 3.94. The molecule has 1 aromatic carbocycles. The smallest absolute Gasteiger partial charge is 0.126 e. The van der Waals surface area contributed by atoms with Crippen molar-refractivity contribution in [3.63, 3.8) is 0 Å². The number of piperazine rings is 1. The van der Waals surface area contributed by atoms with Crippen molar-refractivity contribution in [3.8, 4) is 0 Å². The highest BCUT2D eigenvalue weighted by Gasteiger charge is 2.32. The predicted octanol–water partition coefficient (Wildman–Crippen LogP) is 3.55. The summed E-state index contributed by atoms with van der Waals surface area (Å²) in [6.45, 7) is 12.8. The van der Waals surface area contributed by atoms with Gasteiger partial charge in [0, 0.05) is 32.2 Å². The third-order valence-electron chi connectivity index (χ3n) is 3.83. The highest BCUT2D eigenvalue weighted by atomic mass is 35.5. The van der Waals surface area contributed by atoms with E-state index >= 15 is 0 Å². The van der Waals surface area contributed by atoms with E-state index in [0.29, 0.717) is 6.04 Å². The van der Waals surface area contributed by atoms with Gasteiger partial charge in [0.2, 0.25) is 0 Å². The van der Waals surface area contributed by atoms with Crippen molar-refractivity contribution >= 4 is 12.4 Å². The largest absolute Gasteiger partial charge is 0.314 e. The number of hydrogen-bond acceptors (Lipinski definition) is 2. The number of nitrogens with one attached hydrogen (secondary N) is 1. The summed E-state index contributed by atoms with van der Waals surface area (Å²) in [4.78, 5) is 2.52. The molecule has 1 aliphatic rings. The zero-order chi connectivity index (χ0) is 14.0. The van der Waals surface area contributed by atoms with Crippen LogP contribution in [-0.2, 0) is 0 Å². The molecule has 0 amide bonds. The number of halogens is 2. The Balaban J connectivity index is 0.00000200. The van der Waals surface area contributed by atoms with Gasteiger partial charge in [0.15, 0.2) is 0 Å². The average molecular weight is 301 g/mol. The first kappa shape index (κ1) is 17.4. The Labute approximate surface area is 128 Å². The molecule has 2 rings (SSSR count). The summed E-state index contributed by atoms with van der Waals surface area (Å²) in [5.74, 6) is -0.114. The van der Waals surface area contributed by atoms with Gasteiger partial charge in [0.25, 0.3) is 0 Å². The molecule has 0 spiro atoms. The van der Waals surface area contributed by atoms with Crippen LogP contribution in [0.1, 0.15) is 37.9 Å². The van der Waals surface area contributed by atoms with Crippen LogP contribution in [0.3, 0.4) is 0 Å². The van der Waals surface area contributed by atoms with Crippen LogP contribution < -0.4 is 5.32 Å². The maximum atomic E-state index is 13.5. The van der Waals surface area contributed by atoms with Crippen LogP contribution in [0, 0.1) is 18.2 Å². The van der Waals surface area contributed by atoms with Gasteiger partial charge in [0.05, 0.1) is 0 Å². The van der Waals surface area contributed by atoms with E-state index in [2.05, 4.69) is 31.0 Å². The molecule has 0 aromatic heterocycles. The van der Waals surface area contributed by atoms with Crippen LogP contribution in [-0.4, -0.2) is 31.1 Å². The Morgan fingerprint density at radius 2 is 1.80 bits per heavy atom. The van der Waals surface area contributed by atoms with Crippen molar-refractivity contribution in [2.24, 2.45) is 5.41 Å². The molecular formula is C16H26ClFN2. The van der Waals surface area contributed by atoms with E-state index in [0.717, 1.165) is 31.7 Å². The third-order valence-corrected chi connectivity index (χ3v) is 3.83. The van der Waals surface area contributed by atoms with Gasteiger partial charge in [-0.05, 0) is 29.5 Å². The maximum absolute atomic E-state index is 13.5. The van der Waals surface area contributed by atoms with Gasteiger partial charge in [-0.2, -0.15) is 0 Å². The maximum Gasteiger partial charge on any atom is 0.126 e. The summed E-state index contributed by atoms with van der Waals surface area (Å²) in [6, 6.07) is 5.90. The molecule has 114 valence electrons. The van der Waals surface area contributed by atoms with E-state index in [1.165, 1.54) is 5.56 Å². The monoisotopic (exact) mass is 300 g/mol. The summed E-state index contributed by atoms with van der Waals surface area (Å²) >= 11 is 0. The highest BCUT2D eigenvalue weighted by molar-refractivity contribution is 5.85. The fourth-order valence-corrected chi connectivity index (χ4v) is 3.04. The van der Waals surface area contributed by atoms with Gasteiger partial charge in [-0.3, -0.25) is 4.90 Å². The van der Waals surface area contributed by atoms with Crippen LogP contribution in [0.5, 0.6) is 0 Å². The topological polar surface area (TPSA) is 15.3 Å². The molecule has 1 heterocycles. The first-order chi connectivity index (χ1) is 8.89. The summed E-state index contributed by atoms with van der Waals surface area (Å²) < 4.78 is 13.5. The molecule has 0 radical (unpaired) electrons. The minimum absolute atomic E-state index is 0. The molecule has 1 aliphatic heterocycles. The fraction of sp³-hybridized carbons (Fsp3) is 0.625. The molecule has 1 N–H and O–H groups in total. The molecule has 1 atom stereocenters. The van der Waals surface area contributed by atoms with Gasteiger partial charge in [0.1, 0.15) is 5.82 Å². The van der Waals surface area contributed by atoms with Crippen LogP contribution in [0.4, 0.5) is 4.39 Å². The van der Waals surface area contributed by atoms with E-state index in [1.807, 2.05) is 19.1 Å². The van der Waals surface area contributed by atoms with Gasteiger partial charge in [-0.1, -0.05) is 32.9 Å². The van der Waals surface area contributed by atoms with E-state index < -0.39 is 0 Å². The number of nitrogens with zero attached hydrogens (tertiary/aromatic N) is 1. The summed E-state index contributed by atoms with van der Waals surface area (Å²) in [5.41, 5.74) is 2.11. The second-order valence-corrected chi connectivity index (χ2v) is 6.56. The molecule has 1 saturated heterocycles. The predicted molar refractivity (Wildman–Crippen MR) is 85.0 cm³/mol. The summed E-state index contributed by atoms with van der Waals surface area (Å²) in [7, 11) is 0. The summed E-state index contributed by atoms with van der Waals surface area (Å²) in [5, 5.41) is 3.39. The Hall–Kier alpha value is -0.640. The van der Waals surface area contributed by atoms with Crippen LogP contribution in [0.25, 0.3) is 0 Å². The minimum Gasteiger partial charge on any atom is -0.314 e. The number of benzene rings is 1. The standard InChI is InChI=1S/C16H25FN2.ClH/c1-12-11-13(5-6-14(12)17)15(16(2,3)4)19-9-7-18-8-10-19;/h5-6,11,15,18H,7-10H2,1-4H3;1H/t15-;/m1./s1. The molecule has 0 aliphatic carbocycles. The molecule has 0 bridgehead atoms. The fourth-order valence-electron chi connectivity index (χ4n) is 3.04. The lowest BCUT2D eigenvalue weighted by Crippen LogP contribution is -2.48. The Kier molecular flexibility index (Phi) is 5.99. The SMILES string of the molecule is Cc1cc([C@@H](N2CCNCC2)C(C)(C)C)ccc1F.Cl. The zero-order valence-corrected chi connectivity index (χ0v) is 13.7. The number of hydrogen-bond donors (Lipinski definition) is 1. The highest BCUT2D eigenvalue weighted by Crippen LogP contribution is 2.38. The van der Waals surface area contributed by atoms with E-state index in [4.69, 9.17) is 0 Å². The van der Waals surface area contributed by atoms with Gasteiger partial charge in [-0.25, -0.2) is 4.39 Å². The lowest BCUT2D eigenvalue weighted by molar-refractivity contribution is 0.0861. The van der Waals surface area contributed by atoms with Crippen molar-refractivity contribution in [1.29, 1.82) is 0 Å². The van der Waals surface area contributed by atoms with Gasteiger partial charge in [-0.15, -0.1) is 12.4 Å². The Morgan fingerprint density at radius 1 is 1.20 bits per heavy atom. The second kappa shape index (κ2) is 6.88. The molecule has 1 aromatic rings.